The Bertz CT molecular complexity index is 650. The molecular weight excluding hydrogens is 318 g/mol. The molecule has 2 saturated heterocycles. The molecule has 2 aliphatic heterocycles. The maximum atomic E-state index is 12.8. The van der Waals surface area contributed by atoms with Crippen LogP contribution in [0, 0.1) is 11.8 Å². The molecule has 0 spiro atoms. The normalized spacial score (nSPS) is 25.1. The number of amides is 1. The second-order valence-electron chi connectivity index (χ2n) is 7.49. The number of aryl methyl sites for hydroxylation is 1. The molecule has 138 valence electrons. The Hall–Kier alpha value is -1.66. The predicted octanol–water partition coefficient (Wildman–Crippen LogP) is 0.942. The van der Waals surface area contributed by atoms with Crippen molar-refractivity contribution in [1.29, 1.82) is 0 Å². The van der Waals surface area contributed by atoms with Crippen LogP contribution in [0.15, 0.2) is 23.1 Å². The number of aliphatic hydroxyl groups excluding tert-OH is 1. The van der Waals surface area contributed by atoms with Crippen molar-refractivity contribution < 1.29 is 9.90 Å². The molecular formula is C19H29N3O3. The highest BCUT2D eigenvalue weighted by atomic mass is 16.3. The number of carbonyl (C=O) groups is 1. The summed E-state index contributed by atoms with van der Waals surface area (Å²) < 4.78 is 1.43. The molecule has 0 radical (unpaired) electrons. The van der Waals surface area contributed by atoms with Crippen molar-refractivity contribution in [2.45, 2.75) is 25.7 Å². The highest BCUT2D eigenvalue weighted by Crippen LogP contribution is 2.26. The van der Waals surface area contributed by atoms with E-state index in [1.165, 1.54) is 36.3 Å². The molecule has 3 heterocycles. The monoisotopic (exact) mass is 347 g/mol. The first kappa shape index (κ1) is 18.1. The van der Waals surface area contributed by atoms with Crippen LogP contribution in [0.1, 0.15) is 36.0 Å². The van der Waals surface area contributed by atoms with Gasteiger partial charge in [0.25, 0.3) is 5.91 Å². The highest BCUT2D eigenvalue weighted by Gasteiger charge is 2.36. The number of carbonyl (C=O) groups excluding carboxylic acids is 1. The van der Waals surface area contributed by atoms with Gasteiger partial charge in [0.15, 0.2) is 0 Å². The lowest BCUT2D eigenvalue weighted by Crippen LogP contribution is -2.35. The van der Waals surface area contributed by atoms with Gasteiger partial charge in [-0.3, -0.25) is 9.59 Å². The molecule has 0 aliphatic carbocycles. The van der Waals surface area contributed by atoms with Gasteiger partial charge in [0.05, 0.1) is 5.56 Å². The minimum absolute atomic E-state index is 0.0487. The van der Waals surface area contributed by atoms with Gasteiger partial charge < -0.3 is 19.5 Å². The Morgan fingerprint density at radius 2 is 1.80 bits per heavy atom. The Labute approximate surface area is 149 Å². The van der Waals surface area contributed by atoms with E-state index in [0.717, 1.165) is 19.6 Å². The van der Waals surface area contributed by atoms with Crippen molar-refractivity contribution in [3.8, 4) is 0 Å². The Morgan fingerprint density at radius 1 is 1.12 bits per heavy atom. The van der Waals surface area contributed by atoms with E-state index in [0.29, 0.717) is 24.6 Å². The van der Waals surface area contributed by atoms with E-state index < -0.39 is 0 Å². The SMILES string of the molecule is Cn1cc(C(=O)N2C[C@@H](CN3CCCCCC3)[C@@H](CO)C2)ccc1=O. The third-order valence-corrected chi connectivity index (χ3v) is 5.62. The quantitative estimate of drug-likeness (QED) is 0.880. The second-order valence-corrected chi connectivity index (χ2v) is 7.49. The molecule has 1 amide bonds. The minimum atomic E-state index is -0.120. The lowest BCUT2D eigenvalue weighted by Gasteiger charge is -2.26. The predicted molar refractivity (Wildman–Crippen MR) is 96.6 cm³/mol. The maximum absolute atomic E-state index is 12.8. The topological polar surface area (TPSA) is 65.8 Å². The standard InChI is InChI=1S/C19H29N3O3/c1-20-10-15(6-7-18(20)24)19(25)22-12-16(17(13-22)14-23)11-21-8-4-2-3-5-9-21/h6-7,10,16-17,23H,2-5,8-9,11-14H2,1H3/t16-,17-/m1/s1. The Balaban J connectivity index is 1.66. The second kappa shape index (κ2) is 8.15. The maximum Gasteiger partial charge on any atom is 0.255 e. The number of nitrogens with zero attached hydrogens (tertiary/aromatic N) is 3. The lowest BCUT2D eigenvalue weighted by atomic mass is 9.96. The van der Waals surface area contributed by atoms with Crippen molar-refractivity contribution in [2.24, 2.45) is 18.9 Å². The average Bonchev–Trinajstić information content (AvgIpc) is 2.83. The zero-order chi connectivity index (χ0) is 17.8. The van der Waals surface area contributed by atoms with Gasteiger partial charge in [-0.15, -0.1) is 0 Å². The number of pyridine rings is 1. The minimum Gasteiger partial charge on any atom is -0.396 e. The molecule has 1 N–H and O–H groups in total. The summed E-state index contributed by atoms with van der Waals surface area (Å²) >= 11 is 0. The molecule has 0 saturated carbocycles. The van der Waals surface area contributed by atoms with Crippen LogP contribution in [0.4, 0.5) is 0 Å². The fraction of sp³-hybridized carbons (Fsp3) is 0.684. The van der Waals surface area contributed by atoms with Crippen LogP contribution < -0.4 is 5.56 Å². The fourth-order valence-electron chi connectivity index (χ4n) is 4.07. The lowest BCUT2D eigenvalue weighted by molar-refractivity contribution is 0.0778. The third-order valence-electron chi connectivity index (χ3n) is 5.62. The highest BCUT2D eigenvalue weighted by molar-refractivity contribution is 5.94. The van der Waals surface area contributed by atoms with Gasteiger partial charge in [-0.2, -0.15) is 0 Å². The van der Waals surface area contributed by atoms with Crippen LogP contribution >= 0.6 is 0 Å². The van der Waals surface area contributed by atoms with Crippen LogP contribution in [0.3, 0.4) is 0 Å². The van der Waals surface area contributed by atoms with E-state index in [1.54, 1.807) is 19.3 Å². The van der Waals surface area contributed by atoms with E-state index in [2.05, 4.69) is 4.90 Å². The van der Waals surface area contributed by atoms with Gasteiger partial charge in [0.1, 0.15) is 0 Å². The largest absolute Gasteiger partial charge is 0.396 e. The zero-order valence-electron chi connectivity index (χ0n) is 15.1. The first-order valence-corrected chi connectivity index (χ1v) is 9.37. The van der Waals surface area contributed by atoms with E-state index in [4.69, 9.17) is 0 Å². The van der Waals surface area contributed by atoms with Gasteiger partial charge >= 0.3 is 0 Å². The smallest absolute Gasteiger partial charge is 0.255 e. The van der Waals surface area contributed by atoms with Gasteiger partial charge in [0.2, 0.25) is 5.56 Å². The summed E-state index contributed by atoms with van der Waals surface area (Å²) in [5, 5.41) is 9.77. The summed E-state index contributed by atoms with van der Waals surface area (Å²) in [5.41, 5.74) is 0.416. The number of hydrogen-bond donors (Lipinski definition) is 1. The third kappa shape index (κ3) is 4.30. The first-order chi connectivity index (χ1) is 12.1. The van der Waals surface area contributed by atoms with Crippen molar-refractivity contribution >= 4 is 5.91 Å². The summed E-state index contributed by atoms with van der Waals surface area (Å²) in [5.74, 6) is 0.409. The molecule has 2 fully saturated rings. The number of likely N-dealkylation sites (tertiary alicyclic amines) is 2. The van der Waals surface area contributed by atoms with Crippen molar-refractivity contribution in [3.05, 3.63) is 34.2 Å². The molecule has 2 atom stereocenters. The molecule has 0 aromatic carbocycles. The van der Waals surface area contributed by atoms with E-state index >= 15 is 0 Å². The summed E-state index contributed by atoms with van der Waals surface area (Å²) in [6, 6.07) is 3.03. The molecule has 6 heteroatoms. The van der Waals surface area contributed by atoms with E-state index in [1.807, 2.05) is 4.90 Å². The summed E-state index contributed by atoms with van der Waals surface area (Å²) in [7, 11) is 1.65. The van der Waals surface area contributed by atoms with Crippen molar-refractivity contribution in [1.82, 2.24) is 14.4 Å². The van der Waals surface area contributed by atoms with Gasteiger partial charge in [-0.25, -0.2) is 0 Å². The fourth-order valence-corrected chi connectivity index (χ4v) is 4.07. The van der Waals surface area contributed by atoms with Gasteiger partial charge in [-0.1, -0.05) is 12.8 Å². The number of hydrogen-bond acceptors (Lipinski definition) is 4. The molecule has 0 bridgehead atoms. The van der Waals surface area contributed by atoms with Crippen LogP contribution in [-0.4, -0.2) is 64.7 Å². The molecule has 1 aromatic heterocycles. The van der Waals surface area contributed by atoms with Crippen molar-refractivity contribution in [3.63, 3.8) is 0 Å². The average molecular weight is 347 g/mol. The Morgan fingerprint density at radius 3 is 2.44 bits per heavy atom. The van der Waals surface area contributed by atoms with E-state index in [9.17, 15) is 14.7 Å². The summed E-state index contributed by atoms with van der Waals surface area (Å²) in [6.07, 6.45) is 6.71. The van der Waals surface area contributed by atoms with Gasteiger partial charge in [0, 0.05) is 51.5 Å². The van der Waals surface area contributed by atoms with Crippen LogP contribution in [0.5, 0.6) is 0 Å². The molecule has 3 rings (SSSR count). The molecule has 0 unspecified atom stereocenters. The summed E-state index contributed by atoms with van der Waals surface area (Å²) in [4.78, 5) is 28.6. The van der Waals surface area contributed by atoms with Crippen LogP contribution in [0.2, 0.25) is 0 Å². The number of rotatable bonds is 4. The first-order valence-electron chi connectivity index (χ1n) is 9.37. The molecule has 2 aliphatic rings. The summed E-state index contributed by atoms with van der Waals surface area (Å²) in [6.45, 7) is 4.62. The molecule has 1 aromatic rings. The number of aliphatic hydroxyl groups is 1. The Kier molecular flexibility index (Phi) is 5.91. The van der Waals surface area contributed by atoms with Crippen molar-refractivity contribution in [2.75, 3.05) is 39.3 Å². The van der Waals surface area contributed by atoms with E-state index in [-0.39, 0.29) is 24.0 Å². The number of aromatic nitrogens is 1. The van der Waals surface area contributed by atoms with Gasteiger partial charge in [-0.05, 0) is 37.9 Å². The van der Waals surface area contributed by atoms with Crippen LogP contribution in [0.25, 0.3) is 0 Å². The molecule has 25 heavy (non-hydrogen) atoms. The zero-order valence-corrected chi connectivity index (χ0v) is 15.1. The molecule has 6 nitrogen and oxygen atoms in total. The van der Waals surface area contributed by atoms with Crippen LogP contribution in [-0.2, 0) is 7.05 Å².